The van der Waals surface area contributed by atoms with Crippen molar-refractivity contribution in [2.24, 2.45) is 0 Å². The van der Waals surface area contributed by atoms with E-state index in [1.54, 1.807) is 0 Å². The fraction of sp³-hybridized carbons (Fsp3) is 0.176. The van der Waals surface area contributed by atoms with Crippen molar-refractivity contribution >= 4 is 75.8 Å². The van der Waals surface area contributed by atoms with Gasteiger partial charge in [-0.25, -0.2) is 9.97 Å². The van der Waals surface area contributed by atoms with Gasteiger partial charge in [-0.05, 0) is 84.6 Å². The van der Waals surface area contributed by atoms with E-state index in [4.69, 9.17) is 49.6 Å². The van der Waals surface area contributed by atoms with Crippen LogP contribution in [0.25, 0.3) is 51.9 Å². The number of fused-ring (bicyclic) bond motifs is 8. The maximum Gasteiger partial charge on any atom is 0.300 e. The van der Waals surface area contributed by atoms with Crippen molar-refractivity contribution in [3.05, 3.63) is 89.2 Å². The summed E-state index contributed by atoms with van der Waals surface area (Å²) in [7, 11) is 2.08. The van der Waals surface area contributed by atoms with Gasteiger partial charge in [-0.15, -0.1) is 0 Å². The van der Waals surface area contributed by atoms with Gasteiger partial charge in [-0.1, -0.05) is 6.08 Å². The Bertz CT molecular complexity index is 1830. The van der Waals surface area contributed by atoms with Gasteiger partial charge in [-0.2, -0.15) is 0 Å². The Morgan fingerprint density at radius 1 is 0.617 bits per heavy atom. The highest BCUT2D eigenvalue weighted by atomic mass is 16.4. The van der Waals surface area contributed by atoms with Gasteiger partial charge in [-0.3, -0.25) is 19.2 Å². The van der Waals surface area contributed by atoms with E-state index in [1.807, 2.05) is 18.2 Å². The average molecular weight is 644 g/mol. The second kappa shape index (κ2) is 17.9. The van der Waals surface area contributed by atoms with Gasteiger partial charge in [0.25, 0.3) is 23.9 Å². The first kappa shape index (κ1) is 36.9. The van der Waals surface area contributed by atoms with E-state index < -0.39 is 23.9 Å². The highest BCUT2D eigenvalue weighted by Gasteiger charge is 2.10. The standard InChI is InChI=1S/C26H21N5.4C2H4O2/c1-31-10-8-17(9-11-31)25-15-24-14-22-5-4-20(28-22)12-18-2-3-19(27-18)13-21-6-7-23(29-21)16-26(25)30-24;4*1-2(3)4/h2-10,12-16,27,30H,11H2,1H3;4*1H3,(H,3,4). The summed E-state index contributed by atoms with van der Waals surface area (Å²) in [5.74, 6) is -3.33. The molecule has 0 spiro atoms. The molecule has 0 unspecified atom stereocenters. The molecule has 3 aromatic rings. The third-order valence-corrected chi connectivity index (χ3v) is 5.59. The summed E-state index contributed by atoms with van der Waals surface area (Å²) in [4.78, 5) is 54.7. The van der Waals surface area contributed by atoms with Crippen molar-refractivity contribution in [3.8, 4) is 0 Å². The molecule has 0 fully saturated rings. The Kier molecular flexibility index (Phi) is 14.1. The smallest absolute Gasteiger partial charge is 0.300 e. The Morgan fingerprint density at radius 2 is 1.02 bits per heavy atom. The highest BCUT2D eigenvalue weighted by molar-refractivity contribution is 5.89. The zero-order valence-corrected chi connectivity index (χ0v) is 26.6. The number of carbonyl (C=O) groups is 4. The number of carboxylic acid groups (broad SMARTS) is 4. The van der Waals surface area contributed by atoms with Crippen molar-refractivity contribution in [1.82, 2.24) is 24.8 Å². The molecular formula is C34H37N5O8. The maximum atomic E-state index is 9.00. The second-order valence-electron chi connectivity index (χ2n) is 10.1. The minimum Gasteiger partial charge on any atom is -0.481 e. The molecule has 0 radical (unpaired) electrons. The number of likely N-dealkylation sites (N-methyl/N-ethyl adjacent to an activating group) is 1. The molecule has 3 aliphatic heterocycles. The van der Waals surface area contributed by atoms with E-state index in [-0.39, 0.29) is 0 Å². The van der Waals surface area contributed by atoms with E-state index in [0.29, 0.717) is 0 Å². The normalized spacial score (nSPS) is 11.9. The summed E-state index contributed by atoms with van der Waals surface area (Å²) in [5.41, 5.74) is 10.2. The molecule has 6 heterocycles. The number of aliphatic carboxylic acids is 4. The summed E-state index contributed by atoms with van der Waals surface area (Å²) in [6, 6.07) is 14.6. The van der Waals surface area contributed by atoms with Crippen LogP contribution in [0.1, 0.15) is 56.0 Å². The summed E-state index contributed by atoms with van der Waals surface area (Å²) in [6.07, 6.45) is 14.7. The molecule has 8 bridgehead atoms. The van der Waals surface area contributed by atoms with Crippen molar-refractivity contribution in [2.45, 2.75) is 27.7 Å². The van der Waals surface area contributed by atoms with Gasteiger partial charge >= 0.3 is 0 Å². The minimum absolute atomic E-state index is 0.833. The third kappa shape index (κ3) is 14.4. The predicted octanol–water partition coefficient (Wildman–Crippen LogP) is 5.86. The first-order chi connectivity index (χ1) is 22.1. The predicted molar refractivity (Wildman–Crippen MR) is 182 cm³/mol. The van der Waals surface area contributed by atoms with Crippen LogP contribution >= 0.6 is 0 Å². The van der Waals surface area contributed by atoms with Crippen molar-refractivity contribution in [2.75, 3.05) is 13.6 Å². The SMILES string of the molecule is CC(=O)O.CC(=O)O.CC(=O)O.CC(=O)O.CN1C=CC(c2cc3cc4nc(cc5ccc(cc6nc(cc2[nH]3)C=C6)[nH]5)C=C4)=CC1. The average Bonchev–Trinajstić information content (AvgIpc) is 3.74. The number of H-pyrrole nitrogens is 2. The van der Waals surface area contributed by atoms with Crippen LogP contribution < -0.4 is 0 Å². The summed E-state index contributed by atoms with van der Waals surface area (Å²) in [5, 5.41) is 29.7. The van der Waals surface area contributed by atoms with E-state index in [2.05, 4.69) is 88.8 Å². The molecular weight excluding hydrogens is 606 g/mol. The lowest BCUT2D eigenvalue weighted by Crippen LogP contribution is -2.13. The Labute approximate surface area is 270 Å². The van der Waals surface area contributed by atoms with Gasteiger partial charge in [0.2, 0.25) is 0 Å². The van der Waals surface area contributed by atoms with Crippen LogP contribution in [0.3, 0.4) is 0 Å². The number of aromatic nitrogens is 4. The van der Waals surface area contributed by atoms with E-state index >= 15 is 0 Å². The maximum absolute atomic E-state index is 9.00. The van der Waals surface area contributed by atoms with E-state index in [0.717, 1.165) is 79.1 Å². The lowest BCUT2D eigenvalue weighted by atomic mass is 10.0. The topological polar surface area (TPSA) is 210 Å². The number of aromatic amines is 2. The summed E-state index contributed by atoms with van der Waals surface area (Å²) in [6.45, 7) is 5.23. The lowest BCUT2D eigenvalue weighted by Gasteiger charge is -2.16. The molecule has 0 saturated carbocycles. The molecule has 0 atom stereocenters. The first-order valence-electron chi connectivity index (χ1n) is 14.1. The fourth-order valence-electron chi connectivity index (χ4n) is 4.04. The Morgan fingerprint density at radius 3 is 1.43 bits per heavy atom. The first-order valence-corrected chi connectivity index (χ1v) is 14.1. The molecule has 3 aromatic heterocycles. The van der Waals surface area contributed by atoms with Crippen molar-refractivity contribution < 1.29 is 39.6 Å². The second-order valence-corrected chi connectivity index (χ2v) is 10.1. The number of nitrogens with zero attached hydrogens (tertiary/aromatic N) is 3. The number of nitrogens with one attached hydrogen (secondary N) is 2. The number of allylic oxidation sites excluding steroid dienone is 2. The Hall–Kier alpha value is -6.24. The van der Waals surface area contributed by atoms with Crippen LogP contribution in [-0.4, -0.2) is 82.7 Å². The Balaban J connectivity index is 0.000000405. The van der Waals surface area contributed by atoms with Crippen LogP contribution in [0.5, 0.6) is 0 Å². The third-order valence-electron chi connectivity index (χ3n) is 5.59. The van der Waals surface area contributed by atoms with Gasteiger partial charge < -0.3 is 35.3 Å². The molecule has 6 rings (SSSR count). The van der Waals surface area contributed by atoms with E-state index in [1.165, 1.54) is 11.1 Å². The monoisotopic (exact) mass is 643 g/mol. The molecule has 0 aromatic carbocycles. The number of carboxylic acids is 4. The van der Waals surface area contributed by atoms with E-state index in [9.17, 15) is 0 Å². The molecule has 3 aliphatic rings. The molecule has 0 saturated heterocycles. The summed E-state index contributed by atoms with van der Waals surface area (Å²) < 4.78 is 0. The van der Waals surface area contributed by atoms with Crippen LogP contribution in [0.15, 0.2) is 60.8 Å². The number of hydrogen-bond acceptors (Lipinski definition) is 7. The van der Waals surface area contributed by atoms with Crippen LogP contribution in [-0.2, 0) is 19.2 Å². The fourth-order valence-corrected chi connectivity index (χ4v) is 4.04. The molecule has 246 valence electrons. The van der Waals surface area contributed by atoms with Gasteiger partial charge in [0.1, 0.15) is 0 Å². The van der Waals surface area contributed by atoms with Gasteiger partial charge in [0.15, 0.2) is 0 Å². The zero-order chi connectivity index (χ0) is 35.1. The summed E-state index contributed by atoms with van der Waals surface area (Å²) >= 11 is 0. The largest absolute Gasteiger partial charge is 0.481 e. The van der Waals surface area contributed by atoms with Crippen LogP contribution in [0, 0.1) is 0 Å². The number of rotatable bonds is 1. The molecule has 13 nitrogen and oxygen atoms in total. The lowest BCUT2D eigenvalue weighted by molar-refractivity contribution is -0.135. The molecule has 47 heavy (non-hydrogen) atoms. The number of hydrogen-bond donors (Lipinski definition) is 6. The van der Waals surface area contributed by atoms with Crippen LogP contribution in [0.4, 0.5) is 0 Å². The quantitative estimate of drug-likeness (QED) is 0.127. The van der Waals surface area contributed by atoms with Crippen LogP contribution in [0.2, 0.25) is 0 Å². The minimum atomic E-state index is -0.833. The molecule has 0 aliphatic carbocycles. The van der Waals surface area contributed by atoms with Gasteiger partial charge in [0.05, 0.1) is 22.8 Å². The van der Waals surface area contributed by atoms with Gasteiger partial charge in [0, 0.05) is 68.9 Å². The molecule has 13 heteroatoms. The van der Waals surface area contributed by atoms with Crippen molar-refractivity contribution in [1.29, 1.82) is 0 Å². The highest BCUT2D eigenvalue weighted by Crippen LogP contribution is 2.27. The molecule has 6 N–H and O–H groups in total. The molecule has 0 amide bonds. The zero-order valence-electron chi connectivity index (χ0n) is 26.6. The van der Waals surface area contributed by atoms with Crippen molar-refractivity contribution in [3.63, 3.8) is 0 Å².